The van der Waals surface area contributed by atoms with E-state index in [1.54, 1.807) is 7.11 Å². The maximum atomic E-state index is 6.09. The topological polar surface area (TPSA) is 26.2 Å². The second kappa shape index (κ2) is 6.75. The van der Waals surface area contributed by atoms with E-state index in [2.05, 4.69) is 29.1 Å². The fourth-order valence-electron chi connectivity index (χ4n) is 2.03. The van der Waals surface area contributed by atoms with E-state index in [0.29, 0.717) is 0 Å². The van der Waals surface area contributed by atoms with Gasteiger partial charge in [0.2, 0.25) is 0 Å². The Balaban J connectivity index is 2.16. The molecule has 19 heavy (non-hydrogen) atoms. The molecule has 1 heterocycles. The second-order valence-electron chi connectivity index (χ2n) is 4.47. The minimum absolute atomic E-state index is 0.719. The summed E-state index contributed by atoms with van der Waals surface area (Å²) in [6.45, 7) is 4.46. The number of benzene rings is 1. The quantitative estimate of drug-likeness (QED) is 0.822. The highest BCUT2D eigenvalue weighted by molar-refractivity contribution is 6.30. The highest BCUT2D eigenvalue weighted by Gasteiger charge is 2.06. The Morgan fingerprint density at radius 1 is 1.32 bits per heavy atom. The van der Waals surface area contributed by atoms with Crippen LogP contribution >= 0.6 is 11.6 Å². The minimum atomic E-state index is 0.719. The molecule has 0 bridgehead atoms. The summed E-state index contributed by atoms with van der Waals surface area (Å²) in [6.07, 6.45) is 2.06. The Bertz CT molecular complexity index is 537. The number of hydrogen-bond acceptors (Lipinski definition) is 2. The van der Waals surface area contributed by atoms with Gasteiger partial charge in [-0.2, -0.15) is 0 Å². The summed E-state index contributed by atoms with van der Waals surface area (Å²) in [5.41, 5.74) is 3.54. The van der Waals surface area contributed by atoms with Crippen LogP contribution in [-0.2, 0) is 11.3 Å². The highest BCUT2D eigenvalue weighted by Crippen LogP contribution is 2.21. The smallest absolute Gasteiger partial charge is 0.0587 e. The van der Waals surface area contributed by atoms with Gasteiger partial charge in [0, 0.05) is 42.8 Å². The van der Waals surface area contributed by atoms with Gasteiger partial charge in [0.25, 0.3) is 0 Å². The average molecular weight is 279 g/mol. The summed E-state index contributed by atoms with van der Waals surface area (Å²) in [7, 11) is 1.71. The zero-order valence-electron chi connectivity index (χ0n) is 11.3. The first kappa shape index (κ1) is 14.1. The molecule has 1 aromatic carbocycles. The van der Waals surface area contributed by atoms with Crippen molar-refractivity contribution in [3.05, 3.63) is 52.8 Å². The highest BCUT2D eigenvalue weighted by atomic mass is 35.5. The number of aromatic nitrogens is 1. The SMILES string of the molecule is COCCNCc1cccn1-c1cc(Cl)ccc1C. The van der Waals surface area contributed by atoms with E-state index in [4.69, 9.17) is 16.3 Å². The van der Waals surface area contributed by atoms with Gasteiger partial charge in [-0.1, -0.05) is 17.7 Å². The monoisotopic (exact) mass is 278 g/mol. The number of hydrogen-bond donors (Lipinski definition) is 1. The largest absolute Gasteiger partial charge is 0.383 e. The summed E-state index contributed by atoms with van der Waals surface area (Å²) in [5.74, 6) is 0. The molecule has 1 aromatic heterocycles. The summed E-state index contributed by atoms with van der Waals surface area (Å²) in [6, 6.07) is 10.1. The molecule has 0 atom stereocenters. The predicted octanol–water partition coefficient (Wildman–Crippen LogP) is 3.18. The fraction of sp³-hybridized carbons (Fsp3) is 0.333. The molecule has 0 aliphatic rings. The molecule has 0 saturated heterocycles. The first-order valence-corrected chi connectivity index (χ1v) is 6.72. The zero-order chi connectivity index (χ0) is 13.7. The van der Waals surface area contributed by atoms with E-state index in [1.807, 2.05) is 24.3 Å². The maximum Gasteiger partial charge on any atom is 0.0587 e. The Hall–Kier alpha value is -1.29. The molecule has 3 nitrogen and oxygen atoms in total. The predicted molar refractivity (Wildman–Crippen MR) is 79.1 cm³/mol. The van der Waals surface area contributed by atoms with Crippen molar-refractivity contribution in [1.29, 1.82) is 0 Å². The van der Waals surface area contributed by atoms with Crippen LogP contribution in [0.15, 0.2) is 36.5 Å². The number of rotatable bonds is 6. The van der Waals surface area contributed by atoms with Crippen LogP contribution in [0.2, 0.25) is 5.02 Å². The van der Waals surface area contributed by atoms with E-state index in [9.17, 15) is 0 Å². The van der Waals surface area contributed by atoms with Crippen LogP contribution < -0.4 is 5.32 Å². The van der Waals surface area contributed by atoms with Crippen molar-refractivity contribution in [2.75, 3.05) is 20.3 Å². The lowest BCUT2D eigenvalue weighted by molar-refractivity contribution is 0.199. The second-order valence-corrected chi connectivity index (χ2v) is 4.91. The summed E-state index contributed by atoms with van der Waals surface area (Å²) >= 11 is 6.09. The molecule has 0 aliphatic heterocycles. The van der Waals surface area contributed by atoms with Crippen LogP contribution in [-0.4, -0.2) is 24.8 Å². The van der Waals surface area contributed by atoms with E-state index in [-0.39, 0.29) is 0 Å². The molecule has 1 N–H and O–H groups in total. The van der Waals surface area contributed by atoms with Crippen LogP contribution in [0.4, 0.5) is 0 Å². The molecule has 0 saturated carbocycles. The first-order valence-electron chi connectivity index (χ1n) is 6.35. The Morgan fingerprint density at radius 2 is 2.16 bits per heavy atom. The van der Waals surface area contributed by atoms with Crippen molar-refractivity contribution in [3.8, 4) is 5.69 Å². The van der Waals surface area contributed by atoms with Crippen LogP contribution in [0.1, 0.15) is 11.3 Å². The van der Waals surface area contributed by atoms with Gasteiger partial charge in [0.1, 0.15) is 0 Å². The fourth-order valence-corrected chi connectivity index (χ4v) is 2.19. The van der Waals surface area contributed by atoms with E-state index >= 15 is 0 Å². The minimum Gasteiger partial charge on any atom is -0.383 e. The molecule has 0 amide bonds. The Kier molecular flexibility index (Phi) is 5.02. The average Bonchev–Trinajstić information content (AvgIpc) is 2.86. The van der Waals surface area contributed by atoms with Gasteiger partial charge < -0.3 is 14.6 Å². The lowest BCUT2D eigenvalue weighted by Crippen LogP contribution is -2.20. The number of aryl methyl sites for hydroxylation is 1. The van der Waals surface area contributed by atoms with E-state index in [1.165, 1.54) is 11.3 Å². The van der Waals surface area contributed by atoms with Gasteiger partial charge in [0.15, 0.2) is 0 Å². The molecule has 4 heteroatoms. The Morgan fingerprint density at radius 3 is 2.95 bits per heavy atom. The summed E-state index contributed by atoms with van der Waals surface area (Å²) < 4.78 is 7.19. The lowest BCUT2D eigenvalue weighted by atomic mass is 10.2. The van der Waals surface area contributed by atoms with Gasteiger partial charge in [-0.15, -0.1) is 0 Å². The van der Waals surface area contributed by atoms with Crippen molar-refractivity contribution in [2.24, 2.45) is 0 Å². The number of nitrogens with zero attached hydrogens (tertiary/aromatic N) is 1. The third-order valence-electron chi connectivity index (χ3n) is 3.05. The molecule has 0 fully saturated rings. The van der Waals surface area contributed by atoms with Gasteiger partial charge in [-0.25, -0.2) is 0 Å². The standard InChI is InChI=1S/C15H19ClN2O/c1-12-5-6-13(16)10-15(12)18-8-3-4-14(18)11-17-7-9-19-2/h3-6,8,10,17H,7,9,11H2,1-2H3. The van der Waals surface area contributed by atoms with Crippen molar-refractivity contribution in [2.45, 2.75) is 13.5 Å². The van der Waals surface area contributed by atoms with Crippen LogP contribution in [0.3, 0.4) is 0 Å². The first-order chi connectivity index (χ1) is 9.22. The van der Waals surface area contributed by atoms with Gasteiger partial charge in [0.05, 0.1) is 6.61 Å². The van der Waals surface area contributed by atoms with Crippen molar-refractivity contribution in [3.63, 3.8) is 0 Å². The third-order valence-corrected chi connectivity index (χ3v) is 3.29. The zero-order valence-corrected chi connectivity index (χ0v) is 12.1. The molecule has 0 radical (unpaired) electrons. The van der Waals surface area contributed by atoms with Gasteiger partial charge in [-0.05, 0) is 36.8 Å². The molecule has 2 rings (SSSR count). The molecule has 102 valence electrons. The van der Waals surface area contributed by atoms with E-state index in [0.717, 1.165) is 30.4 Å². The summed E-state index contributed by atoms with van der Waals surface area (Å²) in [5, 5.41) is 4.11. The van der Waals surface area contributed by atoms with Crippen molar-refractivity contribution < 1.29 is 4.74 Å². The van der Waals surface area contributed by atoms with Crippen molar-refractivity contribution in [1.82, 2.24) is 9.88 Å². The van der Waals surface area contributed by atoms with Gasteiger partial charge in [-0.3, -0.25) is 0 Å². The van der Waals surface area contributed by atoms with Gasteiger partial charge >= 0.3 is 0 Å². The summed E-state index contributed by atoms with van der Waals surface area (Å²) in [4.78, 5) is 0. The lowest BCUT2D eigenvalue weighted by Gasteiger charge is -2.13. The number of ether oxygens (including phenoxy) is 1. The number of nitrogens with one attached hydrogen (secondary N) is 1. The molecule has 2 aromatic rings. The number of methoxy groups -OCH3 is 1. The number of halogens is 1. The maximum absolute atomic E-state index is 6.09. The molecule has 0 aliphatic carbocycles. The van der Waals surface area contributed by atoms with Crippen LogP contribution in [0.25, 0.3) is 5.69 Å². The Labute approximate surface area is 119 Å². The molecule has 0 spiro atoms. The van der Waals surface area contributed by atoms with Crippen molar-refractivity contribution >= 4 is 11.6 Å². The van der Waals surface area contributed by atoms with E-state index < -0.39 is 0 Å². The normalized spacial score (nSPS) is 10.9. The third kappa shape index (κ3) is 3.60. The van der Waals surface area contributed by atoms with Crippen LogP contribution in [0.5, 0.6) is 0 Å². The molecular weight excluding hydrogens is 260 g/mol. The molecule has 0 unspecified atom stereocenters. The molecular formula is C15H19ClN2O. The van der Waals surface area contributed by atoms with Crippen LogP contribution in [0, 0.1) is 6.92 Å².